The Balaban J connectivity index is 1.54. The Morgan fingerprint density at radius 3 is 2.47 bits per heavy atom. The Hall–Kier alpha value is -2.91. The van der Waals surface area contributed by atoms with E-state index in [1.165, 1.54) is 26.0 Å². The number of H-pyrrole nitrogens is 1. The molecular weight excluding hydrogens is 501 g/mol. The molecule has 0 bridgehead atoms. The van der Waals surface area contributed by atoms with Crippen LogP contribution in [0.1, 0.15) is 43.1 Å². The maximum Gasteiger partial charge on any atom is 0.135 e. The summed E-state index contributed by atoms with van der Waals surface area (Å²) < 4.78 is 78.7. The molecule has 204 valence electrons. The second kappa shape index (κ2) is 10.3. The summed E-state index contributed by atoms with van der Waals surface area (Å²) in [5.41, 5.74) is -0.0952. The Morgan fingerprint density at radius 1 is 1.13 bits per heavy atom. The van der Waals surface area contributed by atoms with E-state index in [-0.39, 0.29) is 24.0 Å². The first kappa shape index (κ1) is 26.7. The van der Waals surface area contributed by atoms with Crippen LogP contribution in [-0.2, 0) is 6.42 Å². The van der Waals surface area contributed by atoms with E-state index in [0.29, 0.717) is 43.7 Å². The van der Waals surface area contributed by atoms with Crippen LogP contribution in [0.2, 0.25) is 0 Å². The standard InChI is InChI=1S/C29H32F5N3O/c1-4-18-11-22-21-7-6-17(31)10-25(21)35-27(22)28(37(18)16-29(2,3)34)26-23(32)12-19(13-24(26)33)38-20-14-36(15-20)9-5-8-30/h4,6-7,10,12-13,18,20,28,35H,1,5,8-9,11,14-16H2,2-3H3/t18-,28-/m0/s1. The number of benzene rings is 2. The lowest BCUT2D eigenvalue weighted by Crippen LogP contribution is -2.53. The molecule has 5 rings (SSSR count). The van der Waals surface area contributed by atoms with Gasteiger partial charge in [0.15, 0.2) is 0 Å². The number of aromatic nitrogens is 1. The van der Waals surface area contributed by atoms with Gasteiger partial charge in [0.05, 0.1) is 12.7 Å². The van der Waals surface area contributed by atoms with E-state index >= 15 is 13.2 Å². The quantitative estimate of drug-likeness (QED) is 0.260. The van der Waals surface area contributed by atoms with E-state index in [1.54, 1.807) is 17.0 Å². The van der Waals surface area contributed by atoms with E-state index < -0.39 is 41.9 Å². The highest BCUT2D eigenvalue weighted by molar-refractivity contribution is 5.85. The van der Waals surface area contributed by atoms with Gasteiger partial charge in [0.25, 0.3) is 0 Å². The van der Waals surface area contributed by atoms with Crippen LogP contribution in [0, 0.1) is 17.5 Å². The molecular formula is C29H32F5N3O. The number of hydrogen-bond donors (Lipinski definition) is 1. The minimum Gasteiger partial charge on any atom is -0.488 e. The van der Waals surface area contributed by atoms with Gasteiger partial charge in [0.1, 0.15) is 35.0 Å². The summed E-state index contributed by atoms with van der Waals surface area (Å²) in [6.45, 7) is 7.97. The minimum absolute atomic E-state index is 0.0614. The Kier molecular flexibility index (Phi) is 7.26. The third-order valence-corrected chi connectivity index (χ3v) is 7.34. The summed E-state index contributed by atoms with van der Waals surface area (Å²) in [5.74, 6) is -2.01. The second-order valence-electron chi connectivity index (χ2n) is 10.9. The van der Waals surface area contributed by atoms with E-state index in [4.69, 9.17) is 4.74 Å². The summed E-state index contributed by atoms with van der Waals surface area (Å²) in [4.78, 5) is 6.89. The fraction of sp³-hybridized carbons (Fsp3) is 0.448. The highest BCUT2D eigenvalue weighted by Crippen LogP contribution is 2.44. The number of fused-ring (bicyclic) bond motifs is 3. The van der Waals surface area contributed by atoms with Crippen molar-refractivity contribution in [1.29, 1.82) is 0 Å². The van der Waals surface area contributed by atoms with Crippen molar-refractivity contribution < 1.29 is 26.7 Å². The highest BCUT2D eigenvalue weighted by Gasteiger charge is 2.42. The van der Waals surface area contributed by atoms with Crippen LogP contribution < -0.4 is 4.74 Å². The lowest BCUT2D eigenvalue weighted by atomic mass is 9.86. The molecule has 9 heteroatoms. The van der Waals surface area contributed by atoms with Crippen molar-refractivity contribution in [2.45, 2.75) is 50.5 Å². The third kappa shape index (κ3) is 5.18. The summed E-state index contributed by atoms with van der Waals surface area (Å²) in [6, 6.07) is 5.23. The second-order valence-corrected chi connectivity index (χ2v) is 10.9. The topological polar surface area (TPSA) is 31.5 Å². The van der Waals surface area contributed by atoms with Crippen molar-refractivity contribution in [3.8, 4) is 5.75 Å². The zero-order valence-electron chi connectivity index (χ0n) is 21.5. The first-order valence-electron chi connectivity index (χ1n) is 12.9. The molecule has 1 saturated heterocycles. The molecule has 3 aromatic rings. The summed E-state index contributed by atoms with van der Waals surface area (Å²) in [6.07, 6.45) is 2.29. The molecule has 0 saturated carbocycles. The van der Waals surface area contributed by atoms with Crippen LogP contribution in [0.15, 0.2) is 43.0 Å². The molecule has 0 radical (unpaired) electrons. The van der Waals surface area contributed by atoms with E-state index in [9.17, 15) is 8.78 Å². The Bertz CT molecular complexity index is 1300. The lowest BCUT2D eigenvalue weighted by Gasteiger charge is -2.43. The lowest BCUT2D eigenvalue weighted by molar-refractivity contribution is 0.0180. The van der Waals surface area contributed by atoms with Crippen molar-refractivity contribution in [2.75, 3.05) is 32.9 Å². The average Bonchev–Trinajstić information content (AvgIpc) is 3.16. The van der Waals surface area contributed by atoms with Crippen molar-refractivity contribution in [1.82, 2.24) is 14.8 Å². The number of hydrogen-bond acceptors (Lipinski definition) is 3. The van der Waals surface area contributed by atoms with Gasteiger partial charge >= 0.3 is 0 Å². The number of aromatic amines is 1. The van der Waals surface area contributed by atoms with Crippen molar-refractivity contribution in [3.63, 3.8) is 0 Å². The van der Waals surface area contributed by atoms with Crippen molar-refractivity contribution >= 4 is 10.9 Å². The maximum absolute atomic E-state index is 15.8. The fourth-order valence-electron chi connectivity index (χ4n) is 5.70. The number of halogens is 5. The summed E-state index contributed by atoms with van der Waals surface area (Å²) in [7, 11) is 0. The summed E-state index contributed by atoms with van der Waals surface area (Å²) >= 11 is 0. The van der Waals surface area contributed by atoms with Crippen LogP contribution in [0.3, 0.4) is 0 Å². The molecule has 2 atom stereocenters. The molecule has 0 spiro atoms. The van der Waals surface area contributed by atoms with Gasteiger partial charge in [-0.1, -0.05) is 6.08 Å². The van der Waals surface area contributed by atoms with Gasteiger partial charge in [-0.05, 0) is 50.5 Å². The molecule has 0 aliphatic carbocycles. The molecule has 0 amide bonds. The minimum atomic E-state index is -1.66. The monoisotopic (exact) mass is 533 g/mol. The number of likely N-dealkylation sites (tertiary alicyclic amines) is 1. The molecule has 2 aliphatic heterocycles. The molecule has 1 N–H and O–H groups in total. The molecule has 1 fully saturated rings. The Labute approximate surface area is 219 Å². The normalized spacial score (nSPS) is 20.9. The van der Waals surface area contributed by atoms with Gasteiger partial charge in [0.2, 0.25) is 0 Å². The number of nitrogens with one attached hydrogen (secondary N) is 1. The SMILES string of the molecule is C=C[C@H]1Cc2c([nH]c3cc(F)ccc23)[C@H](c2c(F)cc(OC3CN(CCCF)C3)cc2F)N1CC(C)(C)F. The predicted octanol–water partition coefficient (Wildman–Crippen LogP) is 6.26. The molecule has 2 aliphatic rings. The highest BCUT2D eigenvalue weighted by atomic mass is 19.2. The van der Waals surface area contributed by atoms with Crippen molar-refractivity contribution in [3.05, 3.63) is 77.3 Å². The van der Waals surface area contributed by atoms with Gasteiger partial charge in [-0.2, -0.15) is 0 Å². The first-order valence-corrected chi connectivity index (χ1v) is 12.9. The van der Waals surface area contributed by atoms with Crippen LogP contribution in [0.25, 0.3) is 10.9 Å². The van der Waals surface area contributed by atoms with Gasteiger partial charge in [-0.25, -0.2) is 17.6 Å². The molecule has 2 aromatic carbocycles. The van der Waals surface area contributed by atoms with E-state index in [1.807, 2.05) is 4.90 Å². The molecule has 38 heavy (non-hydrogen) atoms. The molecule has 3 heterocycles. The van der Waals surface area contributed by atoms with Crippen LogP contribution in [0.5, 0.6) is 5.75 Å². The number of nitrogens with zero attached hydrogens (tertiary/aromatic N) is 2. The van der Waals surface area contributed by atoms with Gasteiger partial charge in [0, 0.05) is 66.5 Å². The molecule has 0 unspecified atom stereocenters. The number of alkyl halides is 2. The maximum atomic E-state index is 15.8. The van der Waals surface area contributed by atoms with Gasteiger partial charge < -0.3 is 9.72 Å². The third-order valence-electron chi connectivity index (χ3n) is 7.34. The largest absolute Gasteiger partial charge is 0.488 e. The zero-order valence-corrected chi connectivity index (χ0v) is 21.5. The molecule has 4 nitrogen and oxygen atoms in total. The van der Waals surface area contributed by atoms with E-state index in [0.717, 1.165) is 23.1 Å². The molecule has 1 aromatic heterocycles. The smallest absolute Gasteiger partial charge is 0.135 e. The Morgan fingerprint density at radius 2 is 1.84 bits per heavy atom. The number of ether oxygens (including phenoxy) is 1. The first-order chi connectivity index (χ1) is 18.1. The van der Waals surface area contributed by atoms with E-state index in [2.05, 4.69) is 11.6 Å². The van der Waals surface area contributed by atoms with Crippen molar-refractivity contribution in [2.24, 2.45) is 0 Å². The predicted molar refractivity (Wildman–Crippen MR) is 137 cm³/mol. The summed E-state index contributed by atoms with van der Waals surface area (Å²) in [5, 5.41) is 0.750. The van der Waals surface area contributed by atoms with Crippen LogP contribution in [0.4, 0.5) is 22.0 Å². The van der Waals surface area contributed by atoms with Crippen LogP contribution >= 0.6 is 0 Å². The van der Waals surface area contributed by atoms with Gasteiger partial charge in [-0.15, -0.1) is 6.58 Å². The average molecular weight is 534 g/mol. The van der Waals surface area contributed by atoms with Crippen LogP contribution in [-0.4, -0.2) is 65.5 Å². The zero-order chi connectivity index (χ0) is 27.2. The van der Waals surface area contributed by atoms with Gasteiger partial charge in [-0.3, -0.25) is 14.2 Å². The fourth-order valence-corrected chi connectivity index (χ4v) is 5.70. The number of rotatable bonds is 9.